The highest BCUT2D eigenvalue weighted by Gasteiger charge is 2.43. The normalized spacial score (nSPS) is 25.5. The van der Waals surface area contributed by atoms with Crippen LogP contribution in [0.25, 0.3) is 0 Å². The monoisotopic (exact) mass is 331 g/mol. The third kappa shape index (κ3) is 3.08. The van der Waals surface area contributed by atoms with Crippen LogP contribution >= 0.6 is 0 Å². The lowest BCUT2D eigenvalue weighted by Crippen LogP contribution is -2.44. The maximum Gasteiger partial charge on any atom is 0.168 e. The highest BCUT2D eigenvalue weighted by Crippen LogP contribution is 2.40. The van der Waals surface area contributed by atoms with Gasteiger partial charge in [0.05, 0.1) is 5.56 Å². The summed E-state index contributed by atoms with van der Waals surface area (Å²) in [5, 5.41) is 9.22. The number of nitriles is 1. The lowest BCUT2D eigenvalue weighted by atomic mass is 9.84. The van der Waals surface area contributed by atoms with Crippen LogP contribution in [0.4, 0.5) is 0 Å². The van der Waals surface area contributed by atoms with Crippen LogP contribution < -0.4 is 0 Å². The minimum Gasteiger partial charge on any atom is -0.294 e. The maximum atomic E-state index is 13.0. The standard InChI is InChI=1S/C21H21N3O/c22-13-20-19(7-4-10-23-20)21(25)16-11-17-8-9-18(12-16)24(17)14-15-5-2-1-3-6-15/h1-7,10,16-18H,8-9,11-12,14H2. The van der Waals surface area contributed by atoms with Crippen LogP contribution in [-0.2, 0) is 6.54 Å². The topological polar surface area (TPSA) is 57.0 Å². The summed E-state index contributed by atoms with van der Waals surface area (Å²) in [6, 6.07) is 17.0. The molecule has 0 spiro atoms. The molecule has 2 fully saturated rings. The first-order chi connectivity index (χ1) is 12.3. The van der Waals surface area contributed by atoms with Crippen LogP contribution in [0.5, 0.6) is 0 Å². The second-order valence-corrected chi connectivity index (χ2v) is 7.09. The third-order valence-corrected chi connectivity index (χ3v) is 5.64. The van der Waals surface area contributed by atoms with E-state index < -0.39 is 0 Å². The molecule has 1 aromatic heterocycles. The largest absolute Gasteiger partial charge is 0.294 e. The van der Waals surface area contributed by atoms with Gasteiger partial charge in [-0.05, 0) is 43.4 Å². The van der Waals surface area contributed by atoms with Crippen LogP contribution in [0, 0.1) is 17.2 Å². The Bertz CT molecular complexity index is 797. The minimum atomic E-state index is 0.0147. The Labute approximate surface area is 148 Å². The number of carbonyl (C=O) groups is 1. The molecule has 0 amide bonds. The molecule has 0 radical (unpaired) electrons. The number of aromatic nitrogens is 1. The zero-order valence-electron chi connectivity index (χ0n) is 14.1. The van der Waals surface area contributed by atoms with E-state index in [1.807, 2.05) is 6.07 Å². The molecule has 4 rings (SSSR count). The number of nitrogens with zero attached hydrogens (tertiary/aromatic N) is 3. The number of rotatable bonds is 4. The molecule has 126 valence electrons. The van der Waals surface area contributed by atoms with Crippen LogP contribution in [-0.4, -0.2) is 27.8 Å². The lowest BCUT2D eigenvalue weighted by molar-refractivity contribution is 0.0677. The molecule has 2 unspecified atom stereocenters. The van der Waals surface area contributed by atoms with Crippen molar-refractivity contribution in [2.75, 3.05) is 0 Å². The lowest BCUT2D eigenvalue weighted by Gasteiger charge is -2.38. The third-order valence-electron chi connectivity index (χ3n) is 5.64. The Hall–Kier alpha value is -2.51. The fraction of sp³-hybridized carbons (Fsp3) is 0.381. The van der Waals surface area contributed by atoms with Gasteiger partial charge < -0.3 is 0 Å². The molecule has 2 aliphatic rings. The van der Waals surface area contributed by atoms with E-state index in [4.69, 9.17) is 0 Å². The van der Waals surface area contributed by atoms with E-state index in [1.165, 1.54) is 18.4 Å². The predicted octanol–water partition coefficient (Wildman–Crippen LogP) is 3.58. The van der Waals surface area contributed by atoms with Crippen molar-refractivity contribution in [3.63, 3.8) is 0 Å². The van der Waals surface area contributed by atoms with Gasteiger partial charge in [-0.1, -0.05) is 30.3 Å². The van der Waals surface area contributed by atoms with Crippen molar-refractivity contribution in [1.29, 1.82) is 5.26 Å². The number of piperidine rings is 1. The molecule has 2 aliphatic heterocycles. The highest BCUT2D eigenvalue weighted by atomic mass is 16.1. The first-order valence-electron chi connectivity index (χ1n) is 8.95. The second-order valence-electron chi connectivity index (χ2n) is 7.09. The van der Waals surface area contributed by atoms with E-state index >= 15 is 0 Å². The summed E-state index contributed by atoms with van der Waals surface area (Å²) in [4.78, 5) is 19.6. The summed E-state index contributed by atoms with van der Waals surface area (Å²) in [6.07, 6.45) is 5.68. The summed E-state index contributed by atoms with van der Waals surface area (Å²) in [5.74, 6) is 0.113. The first kappa shape index (κ1) is 16.0. The SMILES string of the molecule is N#Cc1ncccc1C(=O)C1CC2CCC(C1)N2Cc1ccccc1. The van der Waals surface area contributed by atoms with Gasteiger partial charge in [-0.15, -0.1) is 0 Å². The van der Waals surface area contributed by atoms with Gasteiger partial charge in [0.25, 0.3) is 0 Å². The molecular weight excluding hydrogens is 310 g/mol. The fourth-order valence-electron chi connectivity index (χ4n) is 4.45. The molecule has 2 bridgehead atoms. The number of pyridine rings is 1. The van der Waals surface area contributed by atoms with Crippen LogP contribution in [0.15, 0.2) is 48.7 Å². The molecule has 2 aromatic rings. The molecule has 2 atom stereocenters. The van der Waals surface area contributed by atoms with Crippen molar-refractivity contribution in [2.45, 2.75) is 44.3 Å². The average Bonchev–Trinajstić information content (AvgIpc) is 2.89. The highest BCUT2D eigenvalue weighted by molar-refractivity contribution is 5.99. The Morgan fingerprint density at radius 1 is 1.12 bits per heavy atom. The number of ketones is 1. The maximum absolute atomic E-state index is 13.0. The number of hydrogen-bond donors (Lipinski definition) is 0. The van der Waals surface area contributed by atoms with Crippen molar-refractivity contribution in [2.24, 2.45) is 5.92 Å². The van der Waals surface area contributed by atoms with Crippen molar-refractivity contribution in [1.82, 2.24) is 9.88 Å². The number of Topliss-reactive ketones (excluding diaryl/α,β-unsaturated/α-hetero) is 1. The van der Waals surface area contributed by atoms with Gasteiger partial charge in [-0.3, -0.25) is 9.69 Å². The number of benzene rings is 1. The molecule has 1 aromatic carbocycles. The van der Waals surface area contributed by atoms with Crippen LogP contribution in [0.2, 0.25) is 0 Å². The molecule has 4 heteroatoms. The van der Waals surface area contributed by atoms with E-state index in [0.29, 0.717) is 17.6 Å². The predicted molar refractivity (Wildman–Crippen MR) is 94.8 cm³/mol. The van der Waals surface area contributed by atoms with E-state index in [-0.39, 0.29) is 17.4 Å². The number of fused-ring (bicyclic) bond motifs is 2. The van der Waals surface area contributed by atoms with E-state index in [0.717, 1.165) is 19.4 Å². The molecule has 4 nitrogen and oxygen atoms in total. The first-order valence-corrected chi connectivity index (χ1v) is 8.95. The van der Waals surface area contributed by atoms with Gasteiger partial charge in [-0.2, -0.15) is 5.26 Å². The minimum absolute atomic E-state index is 0.0147. The van der Waals surface area contributed by atoms with Gasteiger partial charge in [0, 0.05) is 30.7 Å². The van der Waals surface area contributed by atoms with E-state index in [9.17, 15) is 10.1 Å². The van der Waals surface area contributed by atoms with E-state index in [1.54, 1.807) is 18.3 Å². The molecule has 0 saturated carbocycles. The summed E-state index contributed by atoms with van der Waals surface area (Å²) in [5.41, 5.74) is 2.08. The molecule has 0 aliphatic carbocycles. The summed E-state index contributed by atoms with van der Waals surface area (Å²) in [6.45, 7) is 0.966. The van der Waals surface area contributed by atoms with Gasteiger partial charge >= 0.3 is 0 Å². The van der Waals surface area contributed by atoms with Crippen molar-refractivity contribution in [3.8, 4) is 6.07 Å². The van der Waals surface area contributed by atoms with Crippen molar-refractivity contribution in [3.05, 3.63) is 65.5 Å². The Balaban J connectivity index is 1.50. The number of carbonyl (C=O) groups excluding carboxylic acids is 1. The Kier molecular flexibility index (Phi) is 4.33. The fourth-order valence-corrected chi connectivity index (χ4v) is 4.45. The molecule has 25 heavy (non-hydrogen) atoms. The summed E-state index contributed by atoms with van der Waals surface area (Å²) < 4.78 is 0. The van der Waals surface area contributed by atoms with Gasteiger partial charge in [0.1, 0.15) is 6.07 Å². The number of hydrogen-bond acceptors (Lipinski definition) is 4. The van der Waals surface area contributed by atoms with Crippen molar-refractivity contribution >= 4 is 5.78 Å². The van der Waals surface area contributed by atoms with Gasteiger partial charge in [0.15, 0.2) is 11.5 Å². The van der Waals surface area contributed by atoms with E-state index in [2.05, 4.69) is 40.2 Å². The zero-order chi connectivity index (χ0) is 17.2. The Morgan fingerprint density at radius 3 is 2.52 bits per heavy atom. The molecule has 3 heterocycles. The average molecular weight is 331 g/mol. The quantitative estimate of drug-likeness (QED) is 0.804. The second kappa shape index (κ2) is 6.78. The summed E-state index contributed by atoms with van der Waals surface area (Å²) in [7, 11) is 0. The molecule has 2 saturated heterocycles. The summed E-state index contributed by atoms with van der Waals surface area (Å²) >= 11 is 0. The smallest absolute Gasteiger partial charge is 0.168 e. The molecule has 0 N–H and O–H groups in total. The van der Waals surface area contributed by atoms with Gasteiger partial charge in [0.2, 0.25) is 0 Å². The van der Waals surface area contributed by atoms with Crippen molar-refractivity contribution < 1.29 is 4.79 Å². The zero-order valence-corrected chi connectivity index (χ0v) is 14.1. The molecular formula is C21H21N3O. The van der Waals surface area contributed by atoms with Gasteiger partial charge in [-0.25, -0.2) is 4.98 Å². The van der Waals surface area contributed by atoms with Crippen LogP contribution in [0.3, 0.4) is 0 Å². The Morgan fingerprint density at radius 2 is 1.84 bits per heavy atom. The van der Waals surface area contributed by atoms with Crippen LogP contribution in [0.1, 0.15) is 47.3 Å².